The third kappa shape index (κ3) is 4.89. The van der Waals surface area contributed by atoms with E-state index in [0.717, 1.165) is 19.5 Å². The predicted octanol–water partition coefficient (Wildman–Crippen LogP) is 1.62. The van der Waals surface area contributed by atoms with Gasteiger partial charge in [-0.3, -0.25) is 9.59 Å². The van der Waals surface area contributed by atoms with Gasteiger partial charge in [0, 0.05) is 13.1 Å². The Hall–Kier alpha value is -2.21. The van der Waals surface area contributed by atoms with Crippen LogP contribution < -0.4 is 16.0 Å². The van der Waals surface area contributed by atoms with Gasteiger partial charge in [0.2, 0.25) is 5.91 Å². The second kappa shape index (κ2) is 8.59. The Balaban J connectivity index is 1.98. The molecule has 1 aliphatic rings. The minimum absolute atomic E-state index is 0.0583. The lowest BCUT2D eigenvalue weighted by Gasteiger charge is -2.23. The Bertz CT molecular complexity index is 628. The van der Waals surface area contributed by atoms with Crippen LogP contribution in [0.5, 0.6) is 0 Å². The number of hydrogen-bond acceptors (Lipinski definition) is 3. The summed E-state index contributed by atoms with van der Waals surface area (Å²) in [6.07, 6.45) is 2.96. The van der Waals surface area contributed by atoms with Crippen molar-refractivity contribution < 1.29 is 14.0 Å². The number of halogens is 1. The zero-order chi connectivity index (χ0) is 17.5. The molecule has 5 nitrogen and oxygen atoms in total. The molecule has 6 heteroatoms. The average Bonchev–Trinajstić information content (AvgIpc) is 2.58. The lowest BCUT2D eigenvalue weighted by molar-refractivity contribution is -0.123. The van der Waals surface area contributed by atoms with E-state index in [1.165, 1.54) is 23.8 Å². The van der Waals surface area contributed by atoms with Crippen molar-refractivity contribution in [1.82, 2.24) is 16.0 Å². The van der Waals surface area contributed by atoms with Gasteiger partial charge in [0.25, 0.3) is 5.91 Å². The first-order chi connectivity index (χ1) is 11.5. The van der Waals surface area contributed by atoms with Gasteiger partial charge in [-0.1, -0.05) is 37.6 Å². The molecule has 1 heterocycles. The molecule has 2 rings (SSSR count). The largest absolute Gasteiger partial charge is 0.351 e. The minimum Gasteiger partial charge on any atom is -0.351 e. The van der Waals surface area contributed by atoms with Gasteiger partial charge >= 0.3 is 0 Å². The van der Waals surface area contributed by atoms with Crippen LogP contribution in [-0.4, -0.2) is 37.5 Å². The van der Waals surface area contributed by atoms with E-state index in [1.54, 1.807) is 6.07 Å². The van der Waals surface area contributed by atoms with Crippen LogP contribution in [0.25, 0.3) is 0 Å². The molecule has 0 aliphatic carbocycles. The molecule has 3 N–H and O–H groups in total. The van der Waals surface area contributed by atoms with E-state index in [9.17, 15) is 14.0 Å². The SMILES string of the molecule is CC(C)C(NC(=O)c1ccccc1F)C(=O)NCC1=CCNCC1. The monoisotopic (exact) mass is 333 g/mol. The maximum Gasteiger partial charge on any atom is 0.254 e. The van der Waals surface area contributed by atoms with E-state index in [2.05, 4.69) is 22.0 Å². The van der Waals surface area contributed by atoms with E-state index in [-0.39, 0.29) is 17.4 Å². The molecule has 1 atom stereocenters. The van der Waals surface area contributed by atoms with Gasteiger partial charge in [-0.15, -0.1) is 0 Å². The zero-order valence-corrected chi connectivity index (χ0v) is 14.1. The third-order valence-electron chi connectivity index (χ3n) is 4.00. The Morgan fingerprint density at radius 2 is 2.04 bits per heavy atom. The Labute approximate surface area is 141 Å². The summed E-state index contributed by atoms with van der Waals surface area (Å²) < 4.78 is 13.7. The second-order valence-electron chi connectivity index (χ2n) is 6.21. The summed E-state index contributed by atoms with van der Waals surface area (Å²) in [5.74, 6) is -1.54. The molecule has 2 amide bonds. The van der Waals surface area contributed by atoms with Crippen LogP contribution in [0.4, 0.5) is 4.39 Å². The van der Waals surface area contributed by atoms with Gasteiger partial charge in [0.1, 0.15) is 11.9 Å². The fourth-order valence-electron chi connectivity index (χ4n) is 2.54. The van der Waals surface area contributed by atoms with Crippen molar-refractivity contribution in [1.29, 1.82) is 0 Å². The molecule has 1 unspecified atom stereocenters. The maximum atomic E-state index is 13.7. The van der Waals surface area contributed by atoms with Crippen molar-refractivity contribution in [2.75, 3.05) is 19.6 Å². The van der Waals surface area contributed by atoms with Crippen LogP contribution in [0.3, 0.4) is 0 Å². The normalized spacial score (nSPS) is 15.6. The highest BCUT2D eigenvalue weighted by Gasteiger charge is 2.25. The summed E-state index contributed by atoms with van der Waals surface area (Å²) in [5, 5.41) is 8.71. The third-order valence-corrected chi connectivity index (χ3v) is 4.00. The van der Waals surface area contributed by atoms with Crippen LogP contribution in [-0.2, 0) is 4.79 Å². The summed E-state index contributed by atoms with van der Waals surface area (Å²) in [4.78, 5) is 24.7. The molecule has 0 fully saturated rings. The average molecular weight is 333 g/mol. The fourth-order valence-corrected chi connectivity index (χ4v) is 2.54. The van der Waals surface area contributed by atoms with E-state index in [0.29, 0.717) is 6.54 Å². The number of benzene rings is 1. The van der Waals surface area contributed by atoms with Crippen LogP contribution in [0, 0.1) is 11.7 Å². The van der Waals surface area contributed by atoms with Crippen LogP contribution in [0.1, 0.15) is 30.6 Å². The first-order valence-electron chi connectivity index (χ1n) is 8.20. The number of amides is 2. The van der Waals surface area contributed by atoms with E-state index in [4.69, 9.17) is 0 Å². The molecule has 130 valence electrons. The summed E-state index contributed by atoms with van der Waals surface area (Å²) in [6.45, 7) is 5.87. The van der Waals surface area contributed by atoms with Crippen molar-refractivity contribution in [3.05, 3.63) is 47.3 Å². The van der Waals surface area contributed by atoms with Crippen molar-refractivity contribution in [2.45, 2.75) is 26.3 Å². The number of carbonyl (C=O) groups is 2. The summed E-state index contributed by atoms with van der Waals surface area (Å²) in [7, 11) is 0. The molecule has 0 saturated heterocycles. The molecular formula is C18H24FN3O2. The molecule has 0 spiro atoms. The van der Waals surface area contributed by atoms with Crippen LogP contribution >= 0.6 is 0 Å². The first kappa shape index (κ1) is 18.1. The highest BCUT2D eigenvalue weighted by atomic mass is 19.1. The Kier molecular flexibility index (Phi) is 6.49. The standard InChI is InChI=1S/C18H24FN3O2/c1-12(2)16(18(24)21-11-13-7-9-20-10-8-13)22-17(23)14-5-3-4-6-15(14)19/h3-7,12,16,20H,8-11H2,1-2H3,(H,21,24)(H,22,23). The number of rotatable bonds is 6. The van der Waals surface area contributed by atoms with Crippen LogP contribution in [0.15, 0.2) is 35.9 Å². The number of nitrogens with one attached hydrogen (secondary N) is 3. The molecule has 0 saturated carbocycles. The zero-order valence-electron chi connectivity index (χ0n) is 14.1. The van der Waals surface area contributed by atoms with Gasteiger partial charge in [0.05, 0.1) is 5.56 Å². The van der Waals surface area contributed by atoms with E-state index < -0.39 is 17.8 Å². The van der Waals surface area contributed by atoms with E-state index in [1.807, 2.05) is 13.8 Å². The smallest absolute Gasteiger partial charge is 0.254 e. The van der Waals surface area contributed by atoms with Gasteiger partial charge in [-0.25, -0.2) is 4.39 Å². The second-order valence-corrected chi connectivity index (χ2v) is 6.21. The Morgan fingerprint density at radius 3 is 2.67 bits per heavy atom. The molecule has 0 aromatic heterocycles. The quantitative estimate of drug-likeness (QED) is 0.693. The van der Waals surface area contributed by atoms with Gasteiger partial charge in [-0.05, 0) is 31.0 Å². The lowest BCUT2D eigenvalue weighted by atomic mass is 10.0. The van der Waals surface area contributed by atoms with Gasteiger partial charge in [-0.2, -0.15) is 0 Å². The number of carbonyl (C=O) groups excluding carboxylic acids is 2. The molecule has 1 aromatic carbocycles. The summed E-state index contributed by atoms with van der Waals surface area (Å²) in [5.41, 5.74) is 1.11. The molecule has 0 radical (unpaired) electrons. The van der Waals surface area contributed by atoms with Gasteiger partial charge < -0.3 is 16.0 Å². The minimum atomic E-state index is -0.709. The molecule has 1 aliphatic heterocycles. The highest BCUT2D eigenvalue weighted by molar-refractivity contribution is 5.97. The lowest BCUT2D eigenvalue weighted by Crippen LogP contribution is -2.50. The Morgan fingerprint density at radius 1 is 1.29 bits per heavy atom. The molecular weight excluding hydrogens is 309 g/mol. The maximum absolute atomic E-state index is 13.7. The van der Waals surface area contributed by atoms with Crippen molar-refractivity contribution in [3.8, 4) is 0 Å². The van der Waals surface area contributed by atoms with Crippen molar-refractivity contribution >= 4 is 11.8 Å². The topological polar surface area (TPSA) is 70.2 Å². The van der Waals surface area contributed by atoms with Crippen molar-refractivity contribution in [3.63, 3.8) is 0 Å². The first-order valence-corrected chi connectivity index (χ1v) is 8.20. The van der Waals surface area contributed by atoms with E-state index >= 15 is 0 Å². The predicted molar refractivity (Wildman–Crippen MR) is 91.1 cm³/mol. The molecule has 24 heavy (non-hydrogen) atoms. The van der Waals surface area contributed by atoms with Gasteiger partial charge in [0.15, 0.2) is 0 Å². The van der Waals surface area contributed by atoms with Crippen molar-refractivity contribution in [2.24, 2.45) is 5.92 Å². The highest BCUT2D eigenvalue weighted by Crippen LogP contribution is 2.09. The summed E-state index contributed by atoms with van der Waals surface area (Å²) in [6, 6.07) is 5.03. The molecule has 1 aromatic rings. The number of hydrogen-bond donors (Lipinski definition) is 3. The molecule has 0 bridgehead atoms. The van der Waals surface area contributed by atoms with Crippen LogP contribution in [0.2, 0.25) is 0 Å². The fraction of sp³-hybridized carbons (Fsp3) is 0.444. The summed E-state index contributed by atoms with van der Waals surface area (Å²) >= 11 is 0.